The molecule has 164 valence electrons. The van der Waals surface area contributed by atoms with E-state index < -0.39 is 29.7 Å². The number of rotatable bonds is 7. The number of amides is 1. The van der Waals surface area contributed by atoms with Gasteiger partial charge in [-0.15, -0.1) is 0 Å². The second kappa shape index (κ2) is 8.19. The van der Waals surface area contributed by atoms with Gasteiger partial charge in [0.05, 0.1) is 23.9 Å². The van der Waals surface area contributed by atoms with E-state index in [-0.39, 0.29) is 35.1 Å². The van der Waals surface area contributed by atoms with Crippen molar-refractivity contribution < 1.29 is 28.6 Å². The van der Waals surface area contributed by atoms with Gasteiger partial charge in [-0.25, -0.2) is 14.8 Å². The zero-order chi connectivity index (χ0) is 22.9. The lowest BCUT2D eigenvalue weighted by molar-refractivity contribution is -0.0278. The highest BCUT2D eigenvalue weighted by Crippen LogP contribution is 2.34. The van der Waals surface area contributed by atoms with Crippen LogP contribution in [0.5, 0.6) is 0 Å². The van der Waals surface area contributed by atoms with E-state index in [0.717, 1.165) is 11.8 Å². The molecule has 1 aliphatic rings. The van der Waals surface area contributed by atoms with Crippen molar-refractivity contribution in [2.45, 2.75) is 12.1 Å². The number of benzene rings is 1. The summed E-state index contributed by atoms with van der Waals surface area (Å²) in [7, 11) is 0. The molecule has 1 amide bonds. The van der Waals surface area contributed by atoms with E-state index in [1.165, 1.54) is 18.2 Å². The maximum absolute atomic E-state index is 13.9. The Morgan fingerprint density at radius 1 is 1.16 bits per heavy atom. The number of carboxylic acid groups (broad SMARTS) is 1. The molecular formula is C21H17F2N5O4. The van der Waals surface area contributed by atoms with Crippen LogP contribution in [-0.2, 0) is 6.05 Å². The number of hydrogen-bond acceptors (Lipinski definition) is 7. The first-order valence-electron chi connectivity index (χ1n) is 9.43. The van der Waals surface area contributed by atoms with Crippen LogP contribution in [0.25, 0.3) is 0 Å². The molecule has 0 radical (unpaired) electrons. The number of halogens is 2. The molecule has 5 N–H and O–H groups in total. The van der Waals surface area contributed by atoms with E-state index in [0.29, 0.717) is 0 Å². The summed E-state index contributed by atoms with van der Waals surface area (Å²) in [5, 5.41) is 26.5. The number of aromatic nitrogens is 2. The summed E-state index contributed by atoms with van der Waals surface area (Å²) in [6.45, 7) is -0.309. The lowest BCUT2D eigenvalue weighted by Gasteiger charge is -2.20. The fourth-order valence-corrected chi connectivity index (χ4v) is 3.27. The number of carbonyl (C=O) groups excluding carboxylic acids is 1. The highest BCUT2D eigenvalue weighted by molar-refractivity contribution is 5.99. The zero-order valence-corrected chi connectivity index (χ0v) is 16.3. The first-order chi connectivity index (χ1) is 15.3. The van der Waals surface area contributed by atoms with Crippen molar-refractivity contribution >= 4 is 29.2 Å². The molecule has 0 saturated carbocycles. The molecule has 2 aromatic heterocycles. The zero-order valence-electron chi connectivity index (χ0n) is 16.3. The number of nitrogens with one attached hydrogen (secondary N) is 3. The summed E-state index contributed by atoms with van der Waals surface area (Å²) >= 11 is 0. The highest BCUT2D eigenvalue weighted by atomic mass is 19.3. The summed E-state index contributed by atoms with van der Waals surface area (Å²) in [5.41, 5.74) is -0.199. The van der Waals surface area contributed by atoms with E-state index in [4.69, 9.17) is 0 Å². The van der Waals surface area contributed by atoms with E-state index in [1.54, 1.807) is 29.6 Å². The number of anilines is 3. The average molecular weight is 441 g/mol. The van der Waals surface area contributed by atoms with Crippen molar-refractivity contribution in [3.05, 3.63) is 77.1 Å². The molecule has 32 heavy (non-hydrogen) atoms. The summed E-state index contributed by atoms with van der Waals surface area (Å²) < 4.78 is 27.8. The fraction of sp³-hybridized carbons (Fsp3) is 0.143. The highest BCUT2D eigenvalue weighted by Gasteiger charge is 2.45. The van der Waals surface area contributed by atoms with Crippen LogP contribution in [0.4, 0.5) is 26.1 Å². The van der Waals surface area contributed by atoms with Crippen LogP contribution in [-0.4, -0.2) is 38.7 Å². The molecule has 4 rings (SSSR count). The summed E-state index contributed by atoms with van der Waals surface area (Å²) in [6.07, 6.45) is 1.10. The number of fused-ring (bicyclic) bond motifs is 1. The number of pyridine rings is 2. The molecule has 0 aliphatic carbocycles. The second-order valence-electron chi connectivity index (χ2n) is 6.96. The van der Waals surface area contributed by atoms with Crippen molar-refractivity contribution in [1.82, 2.24) is 15.3 Å². The Hall–Kier alpha value is -4.12. The number of nitrogens with zero attached hydrogens (tertiary/aromatic N) is 2. The van der Waals surface area contributed by atoms with Gasteiger partial charge in [-0.05, 0) is 17.7 Å². The van der Waals surface area contributed by atoms with Crippen LogP contribution < -0.4 is 16.0 Å². The number of aromatic carboxylic acids is 1. The monoisotopic (exact) mass is 441 g/mol. The number of aliphatic hydroxyl groups excluding tert-OH is 1. The lowest BCUT2D eigenvalue weighted by Crippen LogP contribution is -2.30. The summed E-state index contributed by atoms with van der Waals surface area (Å²) in [6, 6.07) is 8.65. The minimum atomic E-state index is -3.60. The number of carbonyl (C=O) groups is 2. The number of carboxylic acids is 1. The van der Waals surface area contributed by atoms with Crippen LogP contribution >= 0.6 is 0 Å². The standard InChI is InChI=1S/C21H17F2N5O4/c22-21(23)18-12(19(30)28-21)6-7-16(27-18)26-17-8-14(13(9-24-17)20(31)32)25-15(10-29)11-4-2-1-3-5-11/h1-9,15,29H,10H2,(H,28,30)(H,31,32)(H2,24,25,26,27)/t15-/m1/s1. The van der Waals surface area contributed by atoms with Gasteiger partial charge in [0.1, 0.15) is 22.9 Å². The lowest BCUT2D eigenvalue weighted by atomic mass is 10.1. The van der Waals surface area contributed by atoms with Gasteiger partial charge in [-0.3, -0.25) is 10.1 Å². The summed E-state index contributed by atoms with van der Waals surface area (Å²) in [5.74, 6) is -2.05. The van der Waals surface area contributed by atoms with Crippen LogP contribution in [0.2, 0.25) is 0 Å². The normalized spacial score (nSPS) is 14.9. The van der Waals surface area contributed by atoms with Gasteiger partial charge >= 0.3 is 12.0 Å². The second-order valence-corrected chi connectivity index (χ2v) is 6.96. The van der Waals surface area contributed by atoms with Gasteiger partial charge < -0.3 is 20.8 Å². The molecule has 9 nitrogen and oxygen atoms in total. The number of alkyl halides is 2. The van der Waals surface area contributed by atoms with E-state index in [9.17, 15) is 28.6 Å². The maximum atomic E-state index is 13.9. The first-order valence-corrected chi connectivity index (χ1v) is 9.43. The predicted octanol–water partition coefficient (Wildman–Crippen LogP) is 2.86. The molecule has 0 bridgehead atoms. The molecule has 11 heteroatoms. The van der Waals surface area contributed by atoms with Crippen LogP contribution in [0, 0.1) is 0 Å². The Morgan fingerprint density at radius 2 is 1.91 bits per heavy atom. The van der Waals surface area contributed by atoms with Crippen molar-refractivity contribution in [2.24, 2.45) is 0 Å². The Labute approximate surface area is 180 Å². The third-order valence-corrected chi connectivity index (χ3v) is 4.81. The smallest absolute Gasteiger partial charge is 0.370 e. The van der Waals surface area contributed by atoms with Crippen LogP contribution in [0.1, 0.15) is 38.0 Å². The molecule has 3 heterocycles. The number of aliphatic hydroxyl groups is 1. The molecule has 1 aliphatic heterocycles. The fourth-order valence-electron chi connectivity index (χ4n) is 3.27. The van der Waals surface area contributed by atoms with Crippen LogP contribution in [0.15, 0.2) is 54.7 Å². The predicted molar refractivity (Wildman–Crippen MR) is 110 cm³/mol. The minimum Gasteiger partial charge on any atom is -0.478 e. The maximum Gasteiger partial charge on any atom is 0.370 e. The molecule has 0 unspecified atom stereocenters. The largest absolute Gasteiger partial charge is 0.478 e. The number of hydrogen-bond donors (Lipinski definition) is 5. The molecule has 0 fully saturated rings. The molecule has 1 atom stereocenters. The SMILES string of the molecule is O=C(O)c1cnc(Nc2ccc3c(n2)C(F)(F)NC3=O)cc1N[C@H](CO)c1ccccc1. The molecule has 1 aromatic carbocycles. The third kappa shape index (κ3) is 4.05. The molecule has 3 aromatic rings. The topological polar surface area (TPSA) is 136 Å². The van der Waals surface area contributed by atoms with Crippen molar-refractivity contribution in [2.75, 3.05) is 17.2 Å². The average Bonchev–Trinajstić information content (AvgIpc) is 3.00. The Kier molecular flexibility index (Phi) is 5.41. The van der Waals surface area contributed by atoms with Gasteiger partial charge in [0.15, 0.2) is 0 Å². The van der Waals surface area contributed by atoms with E-state index in [2.05, 4.69) is 20.6 Å². The van der Waals surface area contributed by atoms with Gasteiger partial charge in [0.2, 0.25) is 0 Å². The van der Waals surface area contributed by atoms with E-state index in [1.807, 2.05) is 6.07 Å². The minimum absolute atomic E-state index is 0.0109. The Balaban J connectivity index is 1.64. The third-order valence-electron chi connectivity index (χ3n) is 4.81. The first kappa shape index (κ1) is 21.1. The van der Waals surface area contributed by atoms with Crippen molar-refractivity contribution in [3.8, 4) is 0 Å². The Bertz CT molecular complexity index is 1190. The van der Waals surface area contributed by atoms with E-state index >= 15 is 0 Å². The molecule has 0 saturated heterocycles. The van der Waals surface area contributed by atoms with Gasteiger partial charge in [0.25, 0.3) is 5.91 Å². The van der Waals surface area contributed by atoms with Gasteiger partial charge in [-0.2, -0.15) is 8.78 Å². The summed E-state index contributed by atoms with van der Waals surface area (Å²) in [4.78, 5) is 31.0. The van der Waals surface area contributed by atoms with Gasteiger partial charge in [-0.1, -0.05) is 30.3 Å². The van der Waals surface area contributed by atoms with Gasteiger partial charge in [0, 0.05) is 12.3 Å². The Morgan fingerprint density at radius 3 is 2.59 bits per heavy atom. The van der Waals surface area contributed by atoms with Crippen LogP contribution in [0.3, 0.4) is 0 Å². The quantitative estimate of drug-likeness (QED) is 0.353. The van der Waals surface area contributed by atoms with Crippen molar-refractivity contribution in [1.29, 1.82) is 0 Å². The molecule has 0 spiro atoms. The van der Waals surface area contributed by atoms with Crippen molar-refractivity contribution in [3.63, 3.8) is 0 Å². The molecular weight excluding hydrogens is 424 g/mol.